The maximum absolute atomic E-state index is 3.76. The first kappa shape index (κ1) is 15.5. The van der Waals surface area contributed by atoms with Crippen LogP contribution in [0.3, 0.4) is 0 Å². The van der Waals surface area contributed by atoms with Crippen molar-refractivity contribution in [1.29, 1.82) is 0 Å². The number of allylic oxidation sites excluding steroid dienone is 2. The zero-order valence-corrected chi connectivity index (χ0v) is 12.8. The van der Waals surface area contributed by atoms with Gasteiger partial charge in [0.2, 0.25) is 0 Å². The smallest absolute Gasteiger partial charge is 0.0173 e. The highest BCUT2D eigenvalue weighted by atomic mass is 15.2. The van der Waals surface area contributed by atoms with Crippen LogP contribution in [0.25, 0.3) is 0 Å². The molecule has 0 aromatic heterocycles. The van der Waals surface area contributed by atoms with Gasteiger partial charge in [-0.1, -0.05) is 18.2 Å². The molecule has 0 spiro atoms. The highest BCUT2D eigenvalue weighted by molar-refractivity contribution is 5.00. The van der Waals surface area contributed by atoms with Crippen LogP contribution in [0, 0.1) is 0 Å². The van der Waals surface area contributed by atoms with Gasteiger partial charge in [0.15, 0.2) is 0 Å². The first-order chi connectivity index (χ1) is 8.40. The molecular weight excluding hydrogens is 218 g/mol. The molecule has 1 fully saturated rings. The zero-order chi connectivity index (χ0) is 13.6. The van der Waals surface area contributed by atoms with Crippen molar-refractivity contribution in [1.82, 2.24) is 4.90 Å². The molecule has 0 bridgehead atoms. The van der Waals surface area contributed by atoms with E-state index in [1.54, 1.807) is 0 Å². The predicted molar refractivity (Wildman–Crippen MR) is 81.9 cm³/mol. The number of piperidine rings is 1. The van der Waals surface area contributed by atoms with E-state index in [-0.39, 0.29) is 0 Å². The number of nitrogens with zero attached hydrogens (tertiary/aromatic N) is 1. The quantitative estimate of drug-likeness (QED) is 0.476. The summed E-state index contributed by atoms with van der Waals surface area (Å²) in [7, 11) is 0. The molecule has 1 heterocycles. The lowest BCUT2D eigenvalue weighted by atomic mass is 9.80. The fourth-order valence-electron chi connectivity index (χ4n) is 3.21. The molecule has 1 saturated heterocycles. The Morgan fingerprint density at radius 1 is 1.00 bits per heavy atom. The van der Waals surface area contributed by atoms with Gasteiger partial charge >= 0.3 is 0 Å². The second-order valence-corrected chi connectivity index (χ2v) is 6.78. The second-order valence-electron chi connectivity index (χ2n) is 6.78. The van der Waals surface area contributed by atoms with Crippen molar-refractivity contribution in [3.05, 3.63) is 24.8 Å². The molecule has 1 nitrogen and oxygen atoms in total. The minimum absolute atomic E-state index is 0.340. The van der Waals surface area contributed by atoms with E-state index in [0.717, 1.165) is 13.0 Å². The molecule has 0 unspecified atom stereocenters. The van der Waals surface area contributed by atoms with Gasteiger partial charge in [-0.2, -0.15) is 0 Å². The van der Waals surface area contributed by atoms with E-state index >= 15 is 0 Å². The average Bonchev–Trinajstić information content (AvgIpc) is 2.25. The molecule has 1 rings (SSSR count). The molecule has 0 aliphatic carbocycles. The highest BCUT2D eigenvalue weighted by Crippen LogP contribution is 2.37. The molecule has 0 aromatic carbocycles. The number of likely N-dealkylation sites (tertiary alicyclic amines) is 1. The third-order valence-electron chi connectivity index (χ3n) is 4.27. The molecule has 104 valence electrons. The number of rotatable bonds is 6. The first-order valence-electron chi connectivity index (χ1n) is 7.44. The fraction of sp³-hybridized carbons (Fsp3) is 0.765. The maximum atomic E-state index is 3.76. The Morgan fingerprint density at radius 3 is 2.17 bits per heavy atom. The van der Waals surface area contributed by atoms with Crippen LogP contribution in [0.1, 0.15) is 66.2 Å². The van der Waals surface area contributed by atoms with E-state index < -0.39 is 0 Å². The van der Waals surface area contributed by atoms with Crippen molar-refractivity contribution in [3.8, 4) is 0 Å². The summed E-state index contributed by atoms with van der Waals surface area (Å²) in [4.78, 5) is 2.67. The van der Waals surface area contributed by atoms with E-state index in [1.165, 1.54) is 32.1 Å². The Balaban J connectivity index is 2.48. The van der Waals surface area contributed by atoms with Gasteiger partial charge in [-0.3, -0.25) is 4.90 Å². The minimum Gasteiger partial charge on any atom is -0.289 e. The number of hydrogen-bond acceptors (Lipinski definition) is 1. The van der Waals surface area contributed by atoms with Gasteiger partial charge in [-0.05, 0) is 66.2 Å². The van der Waals surface area contributed by atoms with Crippen molar-refractivity contribution < 1.29 is 0 Å². The lowest BCUT2D eigenvalue weighted by Gasteiger charge is -2.52. The van der Waals surface area contributed by atoms with Crippen molar-refractivity contribution in [2.75, 3.05) is 6.54 Å². The van der Waals surface area contributed by atoms with Crippen LogP contribution < -0.4 is 0 Å². The molecule has 0 N–H and O–H groups in total. The number of hydrogen-bond donors (Lipinski definition) is 0. The summed E-state index contributed by atoms with van der Waals surface area (Å²) in [5.74, 6) is 0. The molecule has 1 aliphatic rings. The maximum Gasteiger partial charge on any atom is 0.0173 e. The SMILES string of the molecule is C=CCCC/C=C/CN1C(C)(C)CCCC1(C)C. The summed E-state index contributed by atoms with van der Waals surface area (Å²) in [6.45, 7) is 14.4. The van der Waals surface area contributed by atoms with Crippen LogP contribution in [-0.2, 0) is 0 Å². The van der Waals surface area contributed by atoms with Gasteiger partial charge in [0, 0.05) is 17.6 Å². The Bertz CT molecular complexity index is 270. The van der Waals surface area contributed by atoms with E-state index in [0.29, 0.717) is 11.1 Å². The van der Waals surface area contributed by atoms with E-state index in [9.17, 15) is 0 Å². The summed E-state index contributed by atoms with van der Waals surface area (Å²) < 4.78 is 0. The van der Waals surface area contributed by atoms with Crippen LogP contribution >= 0.6 is 0 Å². The third-order valence-corrected chi connectivity index (χ3v) is 4.27. The fourth-order valence-corrected chi connectivity index (χ4v) is 3.21. The van der Waals surface area contributed by atoms with Crippen molar-refractivity contribution in [2.24, 2.45) is 0 Å². The van der Waals surface area contributed by atoms with Crippen LogP contribution in [-0.4, -0.2) is 22.5 Å². The lowest BCUT2D eigenvalue weighted by molar-refractivity contribution is -0.0163. The minimum atomic E-state index is 0.340. The van der Waals surface area contributed by atoms with Crippen molar-refractivity contribution >= 4 is 0 Å². The standard InChI is InChI=1S/C17H31N/c1-6-7-8-9-10-11-15-18-16(2,3)13-12-14-17(18,4)5/h6,10-11H,1,7-9,12-15H2,2-5H3/b11-10+. The highest BCUT2D eigenvalue weighted by Gasteiger charge is 2.40. The van der Waals surface area contributed by atoms with Gasteiger partial charge < -0.3 is 0 Å². The molecule has 0 atom stereocenters. The van der Waals surface area contributed by atoms with Crippen LogP contribution in [0.15, 0.2) is 24.8 Å². The molecule has 0 radical (unpaired) electrons. The van der Waals surface area contributed by atoms with Gasteiger partial charge in [0.1, 0.15) is 0 Å². The second kappa shape index (κ2) is 6.56. The van der Waals surface area contributed by atoms with Gasteiger partial charge in [-0.15, -0.1) is 6.58 Å². The Hall–Kier alpha value is -0.560. The van der Waals surface area contributed by atoms with E-state index in [1.807, 2.05) is 6.08 Å². The normalized spacial score (nSPS) is 23.3. The van der Waals surface area contributed by atoms with Crippen LogP contribution in [0.5, 0.6) is 0 Å². The van der Waals surface area contributed by atoms with Crippen molar-refractivity contribution in [2.45, 2.75) is 77.3 Å². The molecular formula is C17H31N. The summed E-state index contributed by atoms with van der Waals surface area (Å²) in [6.07, 6.45) is 14.2. The summed E-state index contributed by atoms with van der Waals surface area (Å²) in [6, 6.07) is 0. The number of unbranched alkanes of at least 4 members (excludes halogenated alkanes) is 2. The van der Waals surface area contributed by atoms with Crippen LogP contribution in [0.4, 0.5) is 0 Å². The monoisotopic (exact) mass is 249 g/mol. The largest absolute Gasteiger partial charge is 0.289 e. The summed E-state index contributed by atoms with van der Waals surface area (Å²) >= 11 is 0. The Kier molecular flexibility index (Phi) is 5.65. The topological polar surface area (TPSA) is 3.24 Å². The van der Waals surface area contributed by atoms with Crippen LogP contribution in [0.2, 0.25) is 0 Å². The van der Waals surface area contributed by atoms with Gasteiger partial charge in [0.25, 0.3) is 0 Å². The lowest BCUT2D eigenvalue weighted by Crippen LogP contribution is -2.58. The third kappa shape index (κ3) is 4.28. The van der Waals surface area contributed by atoms with E-state index in [2.05, 4.69) is 51.3 Å². The van der Waals surface area contributed by atoms with Gasteiger partial charge in [0.05, 0.1) is 0 Å². The van der Waals surface area contributed by atoms with Crippen molar-refractivity contribution in [3.63, 3.8) is 0 Å². The molecule has 18 heavy (non-hydrogen) atoms. The molecule has 1 aliphatic heterocycles. The van der Waals surface area contributed by atoms with E-state index in [4.69, 9.17) is 0 Å². The average molecular weight is 249 g/mol. The molecule has 0 amide bonds. The molecule has 1 heteroatoms. The Labute approximate surface area is 114 Å². The Morgan fingerprint density at radius 2 is 1.61 bits per heavy atom. The first-order valence-corrected chi connectivity index (χ1v) is 7.44. The molecule has 0 aromatic rings. The predicted octanol–water partition coefficient (Wildman–Crippen LogP) is 4.94. The summed E-state index contributed by atoms with van der Waals surface area (Å²) in [5.41, 5.74) is 0.681. The summed E-state index contributed by atoms with van der Waals surface area (Å²) in [5, 5.41) is 0. The zero-order valence-electron chi connectivity index (χ0n) is 12.8. The van der Waals surface area contributed by atoms with Gasteiger partial charge in [-0.25, -0.2) is 0 Å². The molecule has 0 saturated carbocycles.